The van der Waals surface area contributed by atoms with Crippen LogP contribution in [0.4, 0.5) is 0 Å². The first-order valence-electron chi connectivity index (χ1n) is 1.57. The third-order valence-corrected chi connectivity index (χ3v) is 0. The molecule has 13 heteroatoms. The van der Waals surface area contributed by atoms with E-state index in [1.807, 2.05) is 0 Å². The first-order valence-corrected chi connectivity index (χ1v) is 4.70. The van der Waals surface area contributed by atoms with E-state index in [2.05, 4.69) is 0 Å². The van der Waals surface area contributed by atoms with Gasteiger partial charge in [0.05, 0.1) is 0 Å². The Balaban J connectivity index is -0.0000000267. The molecule has 0 aromatic carbocycles. The molecule has 13 heavy (non-hydrogen) atoms. The molecule has 0 aliphatic carbocycles. The Morgan fingerprint density at radius 3 is 0.538 bits per heavy atom. The highest BCUT2D eigenvalue weighted by atomic mass is 35.5. The Morgan fingerprint density at radius 1 is 0.538 bits per heavy atom. The van der Waals surface area contributed by atoms with Crippen molar-refractivity contribution >= 4 is 52.9 Å². The molecule has 0 aromatic heterocycles. The molecule has 8 nitrogen and oxygen atoms in total. The van der Waals surface area contributed by atoms with Gasteiger partial charge in [-0.05, 0) is 0 Å². The van der Waals surface area contributed by atoms with Gasteiger partial charge in [-0.2, -0.15) is 0 Å². The summed E-state index contributed by atoms with van der Waals surface area (Å²) in [4.78, 5) is 43.1. The quantitative estimate of drug-likeness (QED) is 0.324. The van der Waals surface area contributed by atoms with Crippen molar-refractivity contribution < 1.29 is 38.5 Å². The van der Waals surface area contributed by atoms with Crippen LogP contribution in [0, 0.1) is 0 Å². The Hall–Kier alpha value is 1.09. The summed E-state index contributed by atoms with van der Waals surface area (Å²) in [7, 11) is -9.28. The van der Waals surface area contributed by atoms with Gasteiger partial charge >= 0.3 is 15.6 Å². The lowest BCUT2D eigenvalue weighted by Crippen LogP contribution is -1.66. The van der Waals surface area contributed by atoms with Crippen molar-refractivity contribution in [2.24, 2.45) is 0 Å². The van der Waals surface area contributed by atoms with E-state index in [1.54, 1.807) is 0 Å². The topological polar surface area (TPSA) is 156 Å². The molecule has 0 fully saturated rings. The van der Waals surface area contributed by atoms with Gasteiger partial charge < -0.3 is 29.4 Å². The molecular weight excluding hydrogens is 296 g/mol. The summed E-state index contributed by atoms with van der Waals surface area (Å²) in [5.41, 5.74) is 0. The van der Waals surface area contributed by atoms with E-state index in [0.29, 0.717) is 0 Å². The summed E-state index contributed by atoms with van der Waals surface area (Å²) < 4.78 is 17.8. The summed E-state index contributed by atoms with van der Waals surface area (Å²) >= 11 is 0. The maximum Gasteiger partial charge on any atom is 0.466 e. The zero-order chi connectivity index (χ0) is 9.00. The Kier molecular flexibility index (Phi) is 25.1. The Bertz CT molecular complexity index is 130. The fourth-order valence-electron chi connectivity index (χ4n) is 0. The van der Waals surface area contributed by atoms with Crippen molar-refractivity contribution in [3.63, 3.8) is 0 Å². The Labute approximate surface area is 91.7 Å². The summed E-state index contributed by atoms with van der Waals surface area (Å²) in [6.45, 7) is 0. The minimum atomic E-state index is -4.64. The minimum Gasteiger partial charge on any atom is -0.303 e. The summed E-state index contributed by atoms with van der Waals surface area (Å²) in [5.74, 6) is 0. The normalized spacial score (nSPS) is 9.08. The van der Waals surface area contributed by atoms with Gasteiger partial charge in [-0.1, -0.05) is 0 Å². The molecule has 6 N–H and O–H groups in total. The average molecular weight is 305 g/mol. The lowest BCUT2D eigenvalue weighted by atomic mass is 15.8. The van der Waals surface area contributed by atoms with Crippen LogP contribution in [0.3, 0.4) is 0 Å². The van der Waals surface area contributed by atoms with Crippen molar-refractivity contribution in [2.75, 3.05) is 0 Å². The molecule has 0 bridgehead atoms. The zero-order valence-electron chi connectivity index (χ0n) is 5.62. The van der Waals surface area contributed by atoms with E-state index >= 15 is 0 Å². The number of halogens is 3. The predicted octanol–water partition coefficient (Wildman–Crippen LogP) is -0.592. The van der Waals surface area contributed by atoms with Crippen LogP contribution in [0.15, 0.2) is 0 Å². The largest absolute Gasteiger partial charge is 0.466 e. The second-order valence-corrected chi connectivity index (χ2v) is 3.08. The van der Waals surface area contributed by atoms with Crippen LogP contribution < -0.4 is 0 Å². The number of hydrogen-bond acceptors (Lipinski definition) is 2. The zero-order valence-corrected chi connectivity index (χ0v) is 9.86. The smallest absolute Gasteiger partial charge is 0.303 e. The summed E-state index contributed by atoms with van der Waals surface area (Å²) in [6.07, 6.45) is 0. The molecule has 0 aliphatic heterocycles. The third kappa shape index (κ3) is 1360. The standard InChI is InChI=1S/3ClH.2H3O4P/c;;;2*1-5(2,3)4/h3*1H;2*(H3,1,2,3,4). The summed E-state index contributed by atoms with van der Waals surface area (Å²) in [6, 6.07) is 0. The summed E-state index contributed by atoms with van der Waals surface area (Å²) in [5, 5.41) is 0. The van der Waals surface area contributed by atoms with Gasteiger partial charge in [-0.3, -0.25) is 0 Å². The molecule has 0 unspecified atom stereocenters. The van der Waals surface area contributed by atoms with Crippen LogP contribution in [0.1, 0.15) is 0 Å². The highest BCUT2D eigenvalue weighted by Gasteiger charge is 2.00. The highest BCUT2D eigenvalue weighted by Crippen LogP contribution is 2.26. The van der Waals surface area contributed by atoms with Crippen LogP contribution in [0.5, 0.6) is 0 Å². The van der Waals surface area contributed by atoms with Crippen molar-refractivity contribution in [1.82, 2.24) is 0 Å². The molecule has 0 spiro atoms. The predicted molar refractivity (Wildman–Crippen MR) is 50.3 cm³/mol. The van der Waals surface area contributed by atoms with E-state index in [1.165, 1.54) is 0 Å². The SMILES string of the molecule is Cl.Cl.Cl.O=P(O)(O)O.O=P(O)(O)O. The van der Waals surface area contributed by atoms with Crippen molar-refractivity contribution in [3.8, 4) is 0 Å². The van der Waals surface area contributed by atoms with E-state index in [9.17, 15) is 0 Å². The van der Waals surface area contributed by atoms with E-state index < -0.39 is 15.6 Å². The lowest BCUT2D eigenvalue weighted by Gasteiger charge is -1.82. The Morgan fingerprint density at radius 2 is 0.538 bits per heavy atom. The molecule has 0 saturated carbocycles. The average Bonchev–Trinajstić information content (AvgIpc) is 1.12. The molecule has 0 rings (SSSR count). The highest BCUT2D eigenvalue weighted by molar-refractivity contribution is 7.45. The molecule has 0 aromatic rings. The van der Waals surface area contributed by atoms with Crippen molar-refractivity contribution in [1.29, 1.82) is 0 Å². The van der Waals surface area contributed by atoms with Gasteiger partial charge in [-0.15, -0.1) is 37.2 Å². The second kappa shape index (κ2) is 11.2. The van der Waals surface area contributed by atoms with E-state index in [4.69, 9.17) is 38.5 Å². The maximum absolute atomic E-state index is 8.88. The second-order valence-electron chi connectivity index (χ2n) is 1.03. The van der Waals surface area contributed by atoms with Gasteiger partial charge in [-0.25, -0.2) is 9.13 Å². The number of phosphoric acid groups is 2. The molecule has 88 valence electrons. The fourth-order valence-corrected chi connectivity index (χ4v) is 0. The first kappa shape index (κ1) is 29.2. The van der Waals surface area contributed by atoms with Crippen molar-refractivity contribution in [2.45, 2.75) is 0 Å². The van der Waals surface area contributed by atoms with E-state index in [-0.39, 0.29) is 37.2 Å². The minimum absolute atomic E-state index is 0. The lowest BCUT2D eigenvalue weighted by molar-refractivity contribution is 0.272. The van der Waals surface area contributed by atoms with Crippen molar-refractivity contribution in [3.05, 3.63) is 0 Å². The molecule has 0 aliphatic rings. The van der Waals surface area contributed by atoms with Gasteiger partial charge in [0.15, 0.2) is 0 Å². The van der Waals surface area contributed by atoms with E-state index in [0.717, 1.165) is 0 Å². The number of hydrogen-bond donors (Lipinski definition) is 6. The van der Waals surface area contributed by atoms with Crippen LogP contribution in [0.25, 0.3) is 0 Å². The number of rotatable bonds is 0. The molecule has 0 heterocycles. The first-order chi connectivity index (χ1) is 4.00. The molecular formula is H9Cl3O8P2. The molecule has 0 saturated heterocycles. The van der Waals surface area contributed by atoms with Crippen LogP contribution in [-0.4, -0.2) is 29.4 Å². The van der Waals surface area contributed by atoms with Gasteiger partial charge in [0.25, 0.3) is 0 Å². The molecule has 0 radical (unpaired) electrons. The molecule has 0 atom stereocenters. The third-order valence-electron chi connectivity index (χ3n) is 0. The van der Waals surface area contributed by atoms with Gasteiger partial charge in [0.2, 0.25) is 0 Å². The monoisotopic (exact) mass is 304 g/mol. The van der Waals surface area contributed by atoms with Gasteiger partial charge in [0, 0.05) is 0 Å². The van der Waals surface area contributed by atoms with Crippen LogP contribution in [0.2, 0.25) is 0 Å². The molecule has 0 amide bonds. The fraction of sp³-hybridized carbons (Fsp3) is 0. The van der Waals surface area contributed by atoms with Crippen LogP contribution in [-0.2, 0) is 9.13 Å². The van der Waals surface area contributed by atoms with Gasteiger partial charge in [0.1, 0.15) is 0 Å². The maximum atomic E-state index is 8.88. The van der Waals surface area contributed by atoms with Crippen LogP contribution >= 0.6 is 52.9 Å².